The Kier molecular flexibility index (Phi) is 10.8. The molecule has 0 amide bonds. The number of nitrogens with zero attached hydrogens (tertiary/aromatic N) is 3. The number of rotatable bonds is 13. The van der Waals surface area contributed by atoms with Crippen LogP contribution in [0.15, 0.2) is 103 Å². The molecule has 0 saturated carbocycles. The molecular weight excluding hydrogens is 754 g/mol. The second kappa shape index (κ2) is 14.9. The second-order valence-corrected chi connectivity index (χ2v) is 12.4. The van der Waals surface area contributed by atoms with Gasteiger partial charge in [-0.2, -0.15) is 0 Å². The average Bonchev–Trinajstić information content (AvgIpc) is 3.15. The van der Waals surface area contributed by atoms with Gasteiger partial charge in [-0.05, 0) is 42.0 Å². The third-order valence-electron chi connectivity index (χ3n) is 8.48. The molecule has 4 aromatic rings. The molecule has 1 fully saturated rings. The first-order valence-electron chi connectivity index (χ1n) is 15.1. The molecule has 6 atom stereocenters. The lowest BCUT2D eigenvalue weighted by Gasteiger charge is -2.54. The van der Waals surface area contributed by atoms with E-state index in [4.69, 9.17) is 9.47 Å². The van der Waals surface area contributed by atoms with Crippen molar-refractivity contribution in [3.05, 3.63) is 156 Å². The number of halogens is 1. The molecule has 5 rings (SSSR count). The Morgan fingerprint density at radius 1 is 0.692 bits per heavy atom. The Hall–Kier alpha value is -5.63. The van der Waals surface area contributed by atoms with Crippen LogP contribution in [0.5, 0.6) is 0 Å². The number of aliphatic hydroxyl groups excluding tert-OH is 1. The van der Waals surface area contributed by atoms with Crippen molar-refractivity contribution >= 4 is 50.3 Å². The number of nitro benzene ring substituents is 3. The summed E-state index contributed by atoms with van der Waals surface area (Å²) in [5.41, 5.74) is -9.38. The van der Waals surface area contributed by atoms with Crippen molar-refractivity contribution in [2.24, 2.45) is 0 Å². The molecule has 1 heterocycles. The molecule has 17 nitrogen and oxygen atoms in total. The van der Waals surface area contributed by atoms with Crippen LogP contribution in [0.1, 0.15) is 36.6 Å². The highest BCUT2D eigenvalue weighted by Crippen LogP contribution is 2.47. The van der Waals surface area contributed by atoms with Crippen LogP contribution in [0.4, 0.5) is 17.1 Å². The van der Waals surface area contributed by atoms with Crippen molar-refractivity contribution in [2.75, 3.05) is 0 Å². The Morgan fingerprint density at radius 3 is 1.52 bits per heavy atom. The van der Waals surface area contributed by atoms with Gasteiger partial charge in [-0.3, -0.25) is 44.7 Å². The van der Waals surface area contributed by atoms with Crippen molar-refractivity contribution in [1.29, 1.82) is 0 Å². The fourth-order valence-electron chi connectivity index (χ4n) is 5.76. The van der Waals surface area contributed by atoms with Crippen molar-refractivity contribution < 1.29 is 53.9 Å². The monoisotopic (exact) mass is 779 g/mol. The van der Waals surface area contributed by atoms with Crippen LogP contribution < -0.4 is 0 Å². The number of carbonyl (C=O) groups excluding carboxylic acids is 3. The molecule has 0 aromatic heterocycles. The summed E-state index contributed by atoms with van der Waals surface area (Å²) < 4.78 is 11.8. The van der Waals surface area contributed by atoms with Gasteiger partial charge in [0.05, 0.1) is 21.4 Å². The summed E-state index contributed by atoms with van der Waals surface area (Å²) >= 11 is 3.15. The summed E-state index contributed by atoms with van der Waals surface area (Å²) in [6, 6.07) is 19.4. The van der Waals surface area contributed by atoms with Crippen LogP contribution >= 0.6 is 15.9 Å². The third-order valence-corrected chi connectivity index (χ3v) is 9.18. The number of carbonyl (C=O) groups is 3. The molecule has 4 aromatic carbocycles. The summed E-state index contributed by atoms with van der Waals surface area (Å²) in [4.78, 5) is 74.3. The average molecular weight is 780 g/mol. The van der Waals surface area contributed by atoms with Gasteiger partial charge >= 0.3 is 0 Å². The highest BCUT2D eigenvalue weighted by molar-refractivity contribution is 9.09. The van der Waals surface area contributed by atoms with E-state index in [2.05, 4.69) is 15.9 Å². The zero-order valence-electron chi connectivity index (χ0n) is 26.4. The van der Waals surface area contributed by atoms with E-state index in [-0.39, 0.29) is 12.2 Å². The molecule has 0 radical (unpaired) electrons. The number of Topliss-reactive ketones (excluding diaryl/α,β-unsaturated/α-hetero) is 3. The van der Waals surface area contributed by atoms with Crippen molar-refractivity contribution in [1.82, 2.24) is 0 Å². The minimum absolute atomic E-state index is 0.356. The number of nitro groups is 3. The molecule has 0 aliphatic carbocycles. The Balaban J connectivity index is 1.71. The quantitative estimate of drug-likeness (QED) is 0.0753. The standard InChI is InChI=1S/C34H26BrN3O14/c35-32-31(51-18-19-4-2-1-3-5-19)34(44,29(42)22-10-16-25(17-11-22)38(49)50)33(43,28(41)21-8-14-24(15-9-21)37(47)48)30(52-32)27(40)26(39)20-6-12-23(13-7-20)36(45)46/h1-17,27,30-32,40,43-44H,18H2/t27?,30-,31+,32+,33-,34-/m1/s1. The predicted molar refractivity (Wildman–Crippen MR) is 181 cm³/mol. The Labute approximate surface area is 300 Å². The summed E-state index contributed by atoms with van der Waals surface area (Å²) in [5.74, 6) is -4.26. The molecule has 52 heavy (non-hydrogen) atoms. The fourth-order valence-corrected chi connectivity index (χ4v) is 6.53. The zero-order valence-corrected chi connectivity index (χ0v) is 28.0. The summed E-state index contributed by atoms with van der Waals surface area (Å²) in [5, 5.41) is 69.2. The lowest BCUT2D eigenvalue weighted by atomic mass is 9.64. The van der Waals surface area contributed by atoms with Gasteiger partial charge < -0.3 is 24.8 Å². The van der Waals surface area contributed by atoms with E-state index >= 15 is 0 Å². The van der Waals surface area contributed by atoms with Crippen LogP contribution in [-0.4, -0.2) is 82.0 Å². The van der Waals surface area contributed by atoms with Crippen LogP contribution in [0.3, 0.4) is 0 Å². The molecular formula is C34H26BrN3O14. The number of non-ortho nitro benzene ring substituents is 3. The van der Waals surface area contributed by atoms with E-state index in [1.807, 2.05) is 0 Å². The number of ether oxygens (including phenoxy) is 2. The van der Waals surface area contributed by atoms with Gasteiger partial charge in [0.15, 0.2) is 17.0 Å². The summed E-state index contributed by atoms with van der Waals surface area (Å²) in [7, 11) is 0. The van der Waals surface area contributed by atoms with Crippen molar-refractivity contribution in [2.45, 2.75) is 41.1 Å². The maximum atomic E-state index is 14.6. The predicted octanol–water partition coefficient (Wildman–Crippen LogP) is 3.89. The topological polar surface area (TPSA) is 260 Å². The normalized spacial score (nSPS) is 23.3. The first-order valence-corrected chi connectivity index (χ1v) is 16.0. The highest BCUT2D eigenvalue weighted by Gasteiger charge is 2.74. The molecule has 1 aliphatic heterocycles. The molecule has 0 spiro atoms. The van der Waals surface area contributed by atoms with Gasteiger partial charge in [-0.25, -0.2) is 0 Å². The van der Waals surface area contributed by atoms with Gasteiger partial charge in [0.1, 0.15) is 23.3 Å². The van der Waals surface area contributed by atoms with E-state index in [0.717, 1.165) is 72.8 Å². The number of benzene rings is 4. The van der Waals surface area contributed by atoms with Crippen LogP contribution in [0, 0.1) is 30.3 Å². The van der Waals surface area contributed by atoms with E-state index < -0.39 is 94.8 Å². The molecule has 0 bridgehead atoms. The molecule has 1 aliphatic rings. The maximum absolute atomic E-state index is 14.6. The smallest absolute Gasteiger partial charge is 0.269 e. The number of hydrogen-bond acceptors (Lipinski definition) is 14. The van der Waals surface area contributed by atoms with E-state index in [0.29, 0.717) is 5.56 Å². The van der Waals surface area contributed by atoms with E-state index in [1.54, 1.807) is 30.3 Å². The SMILES string of the molecule is O=C(c1ccc([N+](=O)[O-])cc1)C(O)[C@H]1O[C@H](Br)[C@H](OCc2ccccc2)[C@](O)(C(=O)c2ccc([N+](=O)[O-])cc2)[C@@]1(O)C(=O)c1ccc([N+](=O)[O-])cc1. The molecule has 3 N–H and O–H groups in total. The summed E-state index contributed by atoms with van der Waals surface area (Å²) in [6.45, 7) is -0.358. The first-order chi connectivity index (χ1) is 24.6. The fraction of sp³-hybridized carbons (Fsp3) is 0.206. The van der Waals surface area contributed by atoms with Crippen LogP contribution in [-0.2, 0) is 16.1 Å². The van der Waals surface area contributed by atoms with Gasteiger partial charge in [-0.1, -0.05) is 46.3 Å². The highest BCUT2D eigenvalue weighted by atomic mass is 79.9. The third kappa shape index (κ3) is 6.85. The molecule has 1 unspecified atom stereocenters. The van der Waals surface area contributed by atoms with Gasteiger partial charge in [0, 0.05) is 53.1 Å². The largest absolute Gasteiger partial charge is 0.382 e. The lowest BCUT2D eigenvalue weighted by Crippen LogP contribution is -2.81. The first kappa shape index (κ1) is 37.6. The Morgan fingerprint density at radius 2 is 1.10 bits per heavy atom. The second-order valence-electron chi connectivity index (χ2n) is 11.5. The Bertz CT molecular complexity index is 2030. The number of alkyl halides is 1. The lowest BCUT2D eigenvalue weighted by molar-refractivity contribution is -0.385. The zero-order chi connectivity index (χ0) is 38.0. The molecule has 268 valence electrons. The van der Waals surface area contributed by atoms with Crippen molar-refractivity contribution in [3.63, 3.8) is 0 Å². The van der Waals surface area contributed by atoms with Crippen LogP contribution in [0.2, 0.25) is 0 Å². The minimum atomic E-state index is -3.66. The van der Waals surface area contributed by atoms with Crippen molar-refractivity contribution in [3.8, 4) is 0 Å². The minimum Gasteiger partial charge on any atom is -0.382 e. The molecule has 1 saturated heterocycles. The van der Waals surface area contributed by atoms with Gasteiger partial charge in [0.25, 0.3) is 17.1 Å². The van der Waals surface area contributed by atoms with Gasteiger partial charge in [0.2, 0.25) is 11.6 Å². The maximum Gasteiger partial charge on any atom is 0.269 e. The van der Waals surface area contributed by atoms with E-state index in [1.165, 1.54) is 0 Å². The van der Waals surface area contributed by atoms with E-state index in [9.17, 15) is 60.0 Å². The van der Waals surface area contributed by atoms with Crippen LogP contribution in [0.25, 0.3) is 0 Å². The number of ketones is 3. The van der Waals surface area contributed by atoms with Gasteiger partial charge in [-0.15, -0.1) is 0 Å². The number of hydrogen-bond donors (Lipinski definition) is 3. The number of aliphatic hydroxyl groups is 3. The molecule has 18 heteroatoms. The summed E-state index contributed by atoms with van der Waals surface area (Å²) in [6.07, 6.45) is -7.11.